The van der Waals surface area contributed by atoms with E-state index in [2.05, 4.69) is 36.0 Å². The Morgan fingerprint density at radius 1 is 1.16 bits per heavy atom. The smallest absolute Gasteiger partial charge is 0.233 e. The summed E-state index contributed by atoms with van der Waals surface area (Å²) in [5.74, 6) is 0.614. The van der Waals surface area contributed by atoms with E-state index >= 15 is 0 Å². The first-order chi connectivity index (χ1) is 11.9. The van der Waals surface area contributed by atoms with Crippen molar-refractivity contribution in [3.8, 4) is 0 Å². The average molecular weight is 384 g/mol. The first kappa shape index (κ1) is 20.6. The summed E-state index contributed by atoms with van der Waals surface area (Å²) in [5, 5.41) is 3.76. The van der Waals surface area contributed by atoms with Crippen LogP contribution < -0.4 is 5.32 Å². The highest BCUT2D eigenvalue weighted by molar-refractivity contribution is 8.00. The summed E-state index contributed by atoms with van der Waals surface area (Å²) >= 11 is 7.48. The van der Waals surface area contributed by atoms with Gasteiger partial charge < -0.3 is 10.2 Å². The van der Waals surface area contributed by atoms with Gasteiger partial charge in [-0.05, 0) is 44.2 Å². The minimum Gasteiger partial charge on any atom is -0.354 e. The Bertz CT molecular complexity index is 544. The molecule has 0 saturated carbocycles. The number of piperazine rings is 1. The lowest BCUT2D eigenvalue weighted by Gasteiger charge is -2.40. The summed E-state index contributed by atoms with van der Waals surface area (Å²) < 4.78 is 0. The van der Waals surface area contributed by atoms with Gasteiger partial charge in [-0.3, -0.25) is 9.69 Å². The molecule has 2 atom stereocenters. The molecule has 140 valence electrons. The number of amides is 1. The van der Waals surface area contributed by atoms with E-state index in [-0.39, 0.29) is 11.2 Å². The van der Waals surface area contributed by atoms with E-state index in [0.29, 0.717) is 23.5 Å². The molecule has 2 rings (SSSR count). The number of nitrogens with zero attached hydrogens (tertiary/aromatic N) is 2. The molecule has 1 aliphatic heterocycles. The van der Waals surface area contributed by atoms with Gasteiger partial charge in [-0.15, -0.1) is 11.8 Å². The quantitative estimate of drug-likeness (QED) is 0.733. The van der Waals surface area contributed by atoms with E-state index in [0.717, 1.165) is 31.1 Å². The van der Waals surface area contributed by atoms with Crippen molar-refractivity contribution >= 4 is 29.3 Å². The van der Waals surface area contributed by atoms with Crippen molar-refractivity contribution in [1.29, 1.82) is 0 Å². The Kier molecular flexibility index (Phi) is 8.07. The van der Waals surface area contributed by atoms with Gasteiger partial charge >= 0.3 is 0 Å². The van der Waals surface area contributed by atoms with Crippen LogP contribution in [0, 0.1) is 5.92 Å². The molecule has 4 nitrogen and oxygen atoms in total. The summed E-state index contributed by atoms with van der Waals surface area (Å²) in [5.41, 5.74) is 0. The van der Waals surface area contributed by atoms with Crippen LogP contribution >= 0.6 is 23.4 Å². The van der Waals surface area contributed by atoms with Crippen LogP contribution in [0.4, 0.5) is 0 Å². The molecule has 1 aromatic rings. The molecule has 1 heterocycles. The molecular weight excluding hydrogens is 354 g/mol. The van der Waals surface area contributed by atoms with Crippen molar-refractivity contribution in [2.24, 2.45) is 5.92 Å². The van der Waals surface area contributed by atoms with Gasteiger partial charge in [0.05, 0.1) is 5.25 Å². The summed E-state index contributed by atoms with van der Waals surface area (Å²) in [7, 11) is 2.17. The van der Waals surface area contributed by atoms with Gasteiger partial charge in [0.2, 0.25) is 5.91 Å². The van der Waals surface area contributed by atoms with Crippen molar-refractivity contribution in [2.45, 2.75) is 37.0 Å². The van der Waals surface area contributed by atoms with Crippen molar-refractivity contribution in [1.82, 2.24) is 15.1 Å². The Morgan fingerprint density at radius 3 is 2.32 bits per heavy atom. The molecule has 2 unspecified atom stereocenters. The first-order valence-electron chi connectivity index (χ1n) is 8.99. The van der Waals surface area contributed by atoms with Crippen LogP contribution in [0.5, 0.6) is 0 Å². The fraction of sp³-hybridized carbons (Fsp3) is 0.632. The molecule has 0 aliphatic carbocycles. The number of hydrogen-bond donors (Lipinski definition) is 1. The van der Waals surface area contributed by atoms with Crippen LogP contribution in [-0.2, 0) is 4.79 Å². The second-order valence-electron chi connectivity index (χ2n) is 7.11. The number of halogens is 1. The molecule has 0 bridgehead atoms. The van der Waals surface area contributed by atoms with E-state index < -0.39 is 0 Å². The number of rotatable bonds is 7. The Morgan fingerprint density at radius 2 is 1.76 bits per heavy atom. The summed E-state index contributed by atoms with van der Waals surface area (Å²) in [6.07, 6.45) is 0. The SMILES string of the molecule is CC(Sc1ccc(Cl)cc1)C(=O)NCC(C(C)C)N1CCN(C)CC1. The van der Waals surface area contributed by atoms with Gasteiger partial charge in [0.1, 0.15) is 0 Å². The van der Waals surface area contributed by atoms with E-state index in [1.54, 1.807) is 11.8 Å². The number of hydrogen-bond acceptors (Lipinski definition) is 4. The third kappa shape index (κ3) is 6.48. The maximum atomic E-state index is 12.5. The van der Waals surface area contributed by atoms with Gasteiger partial charge in [-0.1, -0.05) is 25.4 Å². The van der Waals surface area contributed by atoms with Crippen LogP contribution in [0.1, 0.15) is 20.8 Å². The molecule has 25 heavy (non-hydrogen) atoms. The lowest BCUT2D eigenvalue weighted by atomic mass is 10.0. The van der Waals surface area contributed by atoms with Crippen LogP contribution in [0.15, 0.2) is 29.2 Å². The van der Waals surface area contributed by atoms with Crippen LogP contribution in [0.2, 0.25) is 5.02 Å². The van der Waals surface area contributed by atoms with Crippen molar-refractivity contribution in [3.05, 3.63) is 29.3 Å². The van der Waals surface area contributed by atoms with E-state index in [4.69, 9.17) is 11.6 Å². The Labute approximate surface area is 161 Å². The van der Waals surface area contributed by atoms with Crippen molar-refractivity contribution < 1.29 is 4.79 Å². The van der Waals surface area contributed by atoms with Crippen molar-refractivity contribution in [2.75, 3.05) is 39.8 Å². The van der Waals surface area contributed by atoms with Gasteiger partial charge in [0.15, 0.2) is 0 Å². The molecule has 1 saturated heterocycles. The number of carbonyl (C=O) groups is 1. The van der Waals surface area contributed by atoms with E-state index in [1.165, 1.54) is 0 Å². The maximum absolute atomic E-state index is 12.5. The Hall–Kier alpha value is -0.750. The number of benzene rings is 1. The monoisotopic (exact) mass is 383 g/mol. The van der Waals surface area contributed by atoms with Crippen molar-refractivity contribution in [3.63, 3.8) is 0 Å². The average Bonchev–Trinajstić information content (AvgIpc) is 2.58. The maximum Gasteiger partial charge on any atom is 0.233 e. The third-order valence-electron chi connectivity index (χ3n) is 4.76. The molecule has 6 heteroatoms. The predicted octanol–water partition coefficient (Wildman–Crippen LogP) is 3.21. The zero-order chi connectivity index (χ0) is 18.4. The highest BCUT2D eigenvalue weighted by Gasteiger charge is 2.26. The lowest BCUT2D eigenvalue weighted by Crippen LogP contribution is -2.54. The molecule has 0 spiro atoms. The standard InChI is InChI=1S/C19H30ClN3OS/c1-14(2)18(23-11-9-22(4)10-12-23)13-21-19(24)15(3)25-17-7-5-16(20)6-8-17/h5-8,14-15,18H,9-13H2,1-4H3,(H,21,24). The largest absolute Gasteiger partial charge is 0.354 e. The van der Waals surface area contributed by atoms with E-state index in [9.17, 15) is 4.79 Å². The molecule has 1 amide bonds. The number of nitrogens with one attached hydrogen (secondary N) is 1. The fourth-order valence-corrected chi connectivity index (χ4v) is 4.08. The molecule has 1 aliphatic rings. The Balaban J connectivity index is 1.84. The zero-order valence-corrected chi connectivity index (χ0v) is 17.2. The zero-order valence-electron chi connectivity index (χ0n) is 15.7. The lowest BCUT2D eigenvalue weighted by molar-refractivity contribution is -0.120. The van der Waals surface area contributed by atoms with Crippen LogP contribution in [0.3, 0.4) is 0 Å². The summed E-state index contributed by atoms with van der Waals surface area (Å²) in [6.45, 7) is 11.5. The number of likely N-dealkylation sites (N-methyl/N-ethyl adjacent to an activating group) is 1. The molecule has 1 aromatic carbocycles. The molecule has 1 N–H and O–H groups in total. The number of thioether (sulfide) groups is 1. The van der Waals surface area contributed by atoms with Crippen LogP contribution in [-0.4, -0.2) is 66.8 Å². The predicted molar refractivity (Wildman–Crippen MR) is 107 cm³/mol. The molecule has 0 radical (unpaired) electrons. The highest BCUT2D eigenvalue weighted by atomic mass is 35.5. The summed E-state index contributed by atoms with van der Waals surface area (Å²) in [6, 6.07) is 8.02. The molecule has 1 fully saturated rings. The van der Waals surface area contributed by atoms with Gasteiger partial charge in [-0.25, -0.2) is 0 Å². The van der Waals surface area contributed by atoms with Gasteiger partial charge in [0.25, 0.3) is 0 Å². The second-order valence-corrected chi connectivity index (χ2v) is 8.96. The minimum absolute atomic E-state index is 0.0970. The first-order valence-corrected chi connectivity index (χ1v) is 10.2. The molecule has 0 aromatic heterocycles. The third-order valence-corrected chi connectivity index (χ3v) is 6.12. The van der Waals surface area contributed by atoms with Crippen LogP contribution in [0.25, 0.3) is 0 Å². The normalized spacial score (nSPS) is 19.0. The summed E-state index contributed by atoms with van der Waals surface area (Å²) in [4.78, 5) is 18.4. The topological polar surface area (TPSA) is 35.6 Å². The van der Waals surface area contributed by atoms with E-state index in [1.807, 2.05) is 31.2 Å². The van der Waals surface area contributed by atoms with Gasteiger partial charge in [-0.2, -0.15) is 0 Å². The minimum atomic E-state index is -0.124. The molecular formula is C19H30ClN3OS. The second kappa shape index (κ2) is 9.81. The highest BCUT2D eigenvalue weighted by Crippen LogP contribution is 2.24. The number of carbonyl (C=O) groups excluding carboxylic acids is 1. The van der Waals surface area contributed by atoms with Gasteiger partial charge in [0, 0.05) is 48.7 Å². The fourth-order valence-electron chi connectivity index (χ4n) is 3.06.